The third kappa shape index (κ3) is 3.76. The van der Waals surface area contributed by atoms with Gasteiger partial charge in [0.15, 0.2) is 5.13 Å². The lowest BCUT2D eigenvalue weighted by molar-refractivity contribution is 0.0731. The molecule has 3 N–H and O–H groups in total. The Balaban J connectivity index is 1.25. The van der Waals surface area contributed by atoms with Crippen LogP contribution in [0.1, 0.15) is 46.7 Å². The number of aliphatic hydroxyl groups excluding tert-OH is 1. The molecule has 29 heavy (non-hydrogen) atoms. The Morgan fingerprint density at radius 1 is 1.31 bits per heavy atom. The van der Waals surface area contributed by atoms with Crippen molar-refractivity contribution in [1.82, 2.24) is 14.9 Å². The monoisotopic (exact) mass is 410 g/mol. The van der Waals surface area contributed by atoms with Gasteiger partial charge in [0, 0.05) is 41.2 Å². The van der Waals surface area contributed by atoms with Crippen molar-refractivity contribution < 1.29 is 9.90 Å². The fourth-order valence-corrected chi connectivity index (χ4v) is 5.48. The fraction of sp³-hybridized carbons (Fsp3) is 0.455. The number of H-pyrrole nitrogens is 1. The summed E-state index contributed by atoms with van der Waals surface area (Å²) in [5, 5.41) is 15.6. The van der Waals surface area contributed by atoms with E-state index in [0.29, 0.717) is 24.7 Å². The molecule has 2 aliphatic rings. The first kappa shape index (κ1) is 18.6. The van der Waals surface area contributed by atoms with Gasteiger partial charge in [-0.2, -0.15) is 0 Å². The third-order valence-corrected chi connectivity index (χ3v) is 7.20. The van der Waals surface area contributed by atoms with Gasteiger partial charge < -0.3 is 20.3 Å². The fourth-order valence-electron chi connectivity index (χ4n) is 4.45. The van der Waals surface area contributed by atoms with Crippen molar-refractivity contribution in [2.45, 2.75) is 44.8 Å². The Morgan fingerprint density at radius 2 is 2.17 bits per heavy atom. The predicted octanol–water partition coefficient (Wildman–Crippen LogP) is 3.79. The molecule has 1 fully saturated rings. The molecule has 2 atom stereocenters. The van der Waals surface area contributed by atoms with E-state index in [0.717, 1.165) is 58.8 Å². The van der Waals surface area contributed by atoms with Crippen LogP contribution in [0.3, 0.4) is 0 Å². The van der Waals surface area contributed by atoms with Crippen molar-refractivity contribution in [3.8, 4) is 0 Å². The molecule has 1 amide bonds. The van der Waals surface area contributed by atoms with Crippen LogP contribution in [-0.2, 0) is 13.0 Å². The van der Waals surface area contributed by atoms with Gasteiger partial charge in [0.25, 0.3) is 5.91 Å². The van der Waals surface area contributed by atoms with Crippen LogP contribution in [0.15, 0.2) is 30.3 Å². The maximum Gasteiger partial charge on any atom is 0.270 e. The molecule has 1 aliphatic heterocycles. The van der Waals surface area contributed by atoms with Gasteiger partial charge in [0.05, 0.1) is 18.3 Å². The Morgan fingerprint density at radius 3 is 3.03 bits per heavy atom. The lowest BCUT2D eigenvalue weighted by Crippen LogP contribution is -2.35. The smallest absolute Gasteiger partial charge is 0.270 e. The van der Waals surface area contributed by atoms with Crippen molar-refractivity contribution in [3.05, 3.63) is 46.6 Å². The van der Waals surface area contributed by atoms with Gasteiger partial charge in [-0.3, -0.25) is 4.79 Å². The molecule has 2 aromatic heterocycles. The molecule has 0 saturated heterocycles. The second kappa shape index (κ2) is 7.80. The largest absolute Gasteiger partial charge is 0.393 e. The molecule has 7 heteroatoms. The molecule has 3 aromatic rings. The summed E-state index contributed by atoms with van der Waals surface area (Å²) in [6.07, 6.45) is 4.89. The van der Waals surface area contributed by atoms with Crippen LogP contribution < -0.4 is 5.32 Å². The number of hydrogen-bond donors (Lipinski definition) is 3. The summed E-state index contributed by atoms with van der Waals surface area (Å²) >= 11 is 1.64. The van der Waals surface area contributed by atoms with Gasteiger partial charge in [0.1, 0.15) is 5.69 Å². The van der Waals surface area contributed by atoms with Crippen LogP contribution in [0.5, 0.6) is 0 Å². The summed E-state index contributed by atoms with van der Waals surface area (Å²) in [6, 6.07) is 9.89. The van der Waals surface area contributed by atoms with Crippen LogP contribution >= 0.6 is 11.3 Å². The number of amides is 1. The highest BCUT2D eigenvalue weighted by Gasteiger charge is 2.27. The van der Waals surface area contributed by atoms with E-state index in [1.165, 1.54) is 6.42 Å². The number of aromatic nitrogens is 2. The number of thiazole rings is 1. The number of rotatable bonds is 4. The highest BCUT2D eigenvalue weighted by atomic mass is 32.1. The highest BCUT2D eigenvalue weighted by Crippen LogP contribution is 2.31. The number of carbonyl (C=O) groups is 1. The van der Waals surface area contributed by atoms with Crippen molar-refractivity contribution >= 4 is 33.3 Å². The molecular weight excluding hydrogens is 384 g/mol. The van der Waals surface area contributed by atoms with E-state index in [2.05, 4.69) is 10.3 Å². The predicted molar refractivity (Wildman–Crippen MR) is 115 cm³/mol. The first-order valence-corrected chi connectivity index (χ1v) is 11.3. The highest BCUT2D eigenvalue weighted by molar-refractivity contribution is 7.15. The number of hydrogen-bond acceptors (Lipinski definition) is 5. The number of benzene rings is 1. The minimum Gasteiger partial charge on any atom is -0.393 e. The first-order chi connectivity index (χ1) is 14.2. The van der Waals surface area contributed by atoms with Gasteiger partial charge in [0.2, 0.25) is 0 Å². The zero-order valence-electron chi connectivity index (χ0n) is 16.4. The van der Waals surface area contributed by atoms with Gasteiger partial charge in [-0.1, -0.05) is 42.4 Å². The number of anilines is 1. The van der Waals surface area contributed by atoms with E-state index in [4.69, 9.17) is 4.98 Å². The lowest BCUT2D eigenvalue weighted by atomic mass is 9.86. The molecule has 1 aromatic carbocycles. The number of nitrogens with one attached hydrogen (secondary N) is 2. The number of para-hydroxylation sites is 1. The molecule has 1 aliphatic carbocycles. The number of aliphatic hydroxyl groups is 1. The molecular formula is C22H26N4O2S. The Kier molecular flexibility index (Phi) is 5.01. The quantitative estimate of drug-likeness (QED) is 0.611. The van der Waals surface area contributed by atoms with Gasteiger partial charge >= 0.3 is 0 Å². The molecule has 0 bridgehead atoms. The molecule has 0 unspecified atom stereocenters. The van der Waals surface area contributed by atoms with E-state index in [9.17, 15) is 9.90 Å². The number of aromatic amines is 1. The van der Waals surface area contributed by atoms with Crippen LogP contribution in [0.4, 0.5) is 5.13 Å². The van der Waals surface area contributed by atoms with Gasteiger partial charge in [-0.15, -0.1) is 0 Å². The minimum atomic E-state index is -0.199. The van der Waals surface area contributed by atoms with E-state index in [1.807, 2.05) is 35.2 Å². The van der Waals surface area contributed by atoms with Crippen molar-refractivity contribution in [3.63, 3.8) is 0 Å². The van der Waals surface area contributed by atoms with Crippen LogP contribution in [0.2, 0.25) is 0 Å². The van der Waals surface area contributed by atoms with Gasteiger partial charge in [-0.25, -0.2) is 4.98 Å². The minimum absolute atomic E-state index is 0.0417. The summed E-state index contributed by atoms with van der Waals surface area (Å²) in [4.78, 5) is 24.0. The number of fused-ring (bicyclic) bond motifs is 2. The zero-order valence-corrected chi connectivity index (χ0v) is 17.2. The third-order valence-electron chi connectivity index (χ3n) is 6.16. The second-order valence-electron chi connectivity index (χ2n) is 8.13. The van der Waals surface area contributed by atoms with Crippen LogP contribution in [0.25, 0.3) is 10.9 Å². The molecule has 3 heterocycles. The summed E-state index contributed by atoms with van der Waals surface area (Å²) < 4.78 is 0. The molecule has 6 nitrogen and oxygen atoms in total. The molecule has 1 saturated carbocycles. The van der Waals surface area contributed by atoms with Crippen LogP contribution in [-0.4, -0.2) is 45.1 Å². The molecule has 0 radical (unpaired) electrons. The summed E-state index contributed by atoms with van der Waals surface area (Å²) in [7, 11) is 0. The average Bonchev–Trinajstić information content (AvgIpc) is 3.35. The van der Waals surface area contributed by atoms with Crippen LogP contribution in [0, 0.1) is 5.92 Å². The summed E-state index contributed by atoms with van der Waals surface area (Å²) in [6.45, 7) is 2.06. The Labute approximate surface area is 174 Å². The molecule has 5 rings (SSSR count). The maximum absolute atomic E-state index is 13.0. The molecule has 152 valence electrons. The Bertz CT molecular complexity index is 994. The maximum atomic E-state index is 13.0. The van der Waals surface area contributed by atoms with Crippen molar-refractivity contribution in [1.29, 1.82) is 0 Å². The van der Waals surface area contributed by atoms with E-state index in [-0.39, 0.29) is 12.0 Å². The normalized spacial score (nSPS) is 21.9. The van der Waals surface area contributed by atoms with Gasteiger partial charge in [-0.05, 0) is 25.0 Å². The zero-order chi connectivity index (χ0) is 19.8. The van der Waals surface area contributed by atoms with Crippen molar-refractivity contribution in [2.24, 2.45) is 5.92 Å². The summed E-state index contributed by atoms with van der Waals surface area (Å²) in [5.41, 5.74) is 2.73. The average molecular weight is 411 g/mol. The number of carbonyl (C=O) groups excluding carboxylic acids is 1. The molecule has 0 spiro atoms. The number of nitrogens with zero attached hydrogens (tertiary/aromatic N) is 2. The van der Waals surface area contributed by atoms with E-state index < -0.39 is 0 Å². The standard InChI is InChI=1S/C22H26N4O2S/c27-19-8-4-2-6-15(19)12-23-22-25-17-9-10-26(13-20(17)29-22)21(28)18-11-14-5-1-3-7-16(14)24-18/h1,3,5,7,11,15,19,24,27H,2,4,6,8-10,12-13H2,(H,23,25)/t15-,19+/m1/s1. The first-order valence-electron chi connectivity index (χ1n) is 10.4. The summed E-state index contributed by atoms with van der Waals surface area (Å²) in [5.74, 6) is 0.352. The van der Waals surface area contributed by atoms with E-state index >= 15 is 0 Å². The SMILES string of the molecule is O=C(c1cc2ccccc2[nH]1)N1CCc2nc(NC[C@H]3CCCC[C@@H]3O)sc2C1. The topological polar surface area (TPSA) is 81.2 Å². The van der Waals surface area contributed by atoms with E-state index in [1.54, 1.807) is 11.3 Å². The Hall–Kier alpha value is -2.38. The second-order valence-corrected chi connectivity index (χ2v) is 9.21. The van der Waals surface area contributed by atoms with Crippen molar-refractivity contribution in [2.75, 3.05) is 18.4 Å². The lowest BCUT2D eigenvalue weighted by Gasteiger charge is -2.27.